The lowest BCUT2D eigenvalue weighted by Crippen LogP contribution is -2.43. The number of hydrogen-bond acceptors (Lipinski definition) is 4. The fourth-order valence-corrected chi connectivity index (χ4v) is 2.26. The van der Waals surface area contributed by atoms with Crippen LogP contribution in [0, 0.1) is 11.3 Å². The molecule has 0 radical (unpaired) electrons. The Morgan fingerprint density at radius 3 is 2.29 bits per heavy atom. The molecule has 0 unspecified atom stereocenters. The topological polar surface area (TPSA) is 81.5 Å². The molecule has 0 fully saturated rings. The summed E-state index contributed by atoms with van der Waals surface area (Å²) in [6.45, 7) is 2.24. The highest BCUT2D eigenvalue weighted by Gasteiger charge is 2.36. The predicted octanol–water partition coefficient (Wildman–Crippen LogP) is 1.04. The van der Waals surface area contributed by atoms with Crippen LogP contribution < -0.4 is 0 Å². The largest absolute Gasteiger partial charge is 0.340 e. The molecule has 0 atom stereocenters. The van der Waals surface area contributed by atoms with E-state index in [1.807, 2.05) is 6.07 Å². The van der Waals surface area contributed by atoms with Gasteiger partial charge in [0.2, 0.25) is 5.91 Å². The second-order valence-electron chi connectivity index (χ2n) is 4.62. The summed E-state index contributed by atoms with van der Waals surface area (Å²) < 4.78 is 0. The van der Waals surface area contributed by atoms with E-state index in [-0.39, 0.29) is 18.9 Å². The second-order valence-corrected chi connectivity index (χ2v) is 4.62. The van der Waals surface area contributed by atoms with Crippen molar-refractivity contribution in [1.29, 1.82) is 5.26 Å². The maximum Gasteiger partial charge on any atom is 0.262 e. The SMILES string of the molecule is CCN(CCC#N)C(=O)CN1C(=O)c2ccccc2C1=O. The minimum atomic E-state index is -0.444. The van der Waals surface area contributed by atoms with Crippen molar-refractivity contribution in [1.82, 2.24) is 9.80 Å². The van der Waals surface area contributed by atoms with Crippen LogP contribution in [0.5, 0.6) is 0 Å². The summed E-state index contributed by atoms with van der Waals surface area (Å²) in [7, 11) is 0. The van der Waals surface area contributed by atoms with Crippen LogP contribution in [0.15, 0.2) is 24.3 Å². The number of nitriles is 1. The summed E-state index contributed by atoms with van der Waals surface area (Å²) in [5, 5.41) is 8.57. The molecule has 2 rings (SSSR count). The average Bonchev–Trinajstić information content (AvgIpc) is 2.74. The summed E-state index contributed by atoms with van der Waals surface area (Å²) in [5.41, 5.74) is 0.658. The fourth-order valence-electron chi connectivity index (χ4n) is 2.26. The van der Waals surface area contributed by atoms with Crippen LogP contribution in [0.3, 0.4) is 0 Å². The van der Waals surface area contributed by atoms with Gasteiger partial charge in [-0.15, -0.1) is 0 Å². The molecule has 0 N–H and O–H groups in total. The summed E-state index contributed by atoms with van der Waals surface area (Å²) in [6, 6.07) is 8.49. The van der Waals surface area contributed by atoms with Crippen molar-refractivity contribution < 1.29 is 14.4 Å². The lowest BCUT2D eigenvalue weighted by atomic mass is 10.1. The standard InChI is InChI=1S/C15H15N3O3/c1-2-17(9-5-8-16)13(19)10-18-14(20)11-6-3-4-7-12(11)15(18)21/h3-4,6-7H,2,5,9-10H2,1H3. The molecule has 1 heterocycles. The van der Waals surface area contributed by atoms with Gasteiger partial charge in [-0.1, -0.05) is 12.1 Å². The second kappa shape index (κ2) is 6.18. The molecule has 0 aromatic heterocycles. The molecule has 1 aromatic carbocycles. The number of amides is 3. The van der Waals surface area contributed by atoms with Gasteiger partial charge in [0.15, 0.2) is 0 Å². The first-order valence-corrected chi connectivity index (χ1v) is 6.70. The van der Waals surface area contributed by atoms with Gasteiger partial charge < -0.3 is 4.90 Å². The Morgan fingerprint density at radius 1 is 1.24 bits per heavy atom. The summed E-state index contributed by atoms with van der Waals surface area (Å²) in [6.07, 6.45) is 0.224. The molecule has 6 nitrogen and oxygen atoms in total. The third-order valence-electron chi connectivity index (χ3n) is 3.40. The van der Waals surface area contributed by atoms with E-state index in [1.54, 1.807) is 31.2 Å². The Balaban J connectivity index is 2.11. The minimum absolute atomic E-state index is 0.224. The van der Waals surface area contributed by atoms with E-state index in [1.165, 1.54) is 4.90 Å². The van der Waals surface area contributed by atoms with Gasteiger partial charge in [0, 0.05) is 13.1 Å². The van der Waals surface area contributed by atoms with Gasteiger partial charge in [0.05, 0.1) is 23.6 Å². The molecule has 0 aliphatic carbocycles. The third-order valence-corrected chi connectivity index (χ3v) is 3.40. The van der Waals surface area contributed by atoms with Crippen molar-refractivity contribution in [3.8, 4) is 6.07 Å². The Labute approximate surface area is 122 Å². The Bertz CT molecular complexity index is 598. The van der Waals surface area contributed by atoms with E-state index < -0.39 is 11.8 Å². The van der Waals surface area contributed by atoms with Crippen molar-refractivity contribution in [3.05, 3.63) is 35.4 Å². The number of rotatable bonds is 5. The summed E-state index contributed by atoms with van der Waals surface area (Å²) in [5.74, 6) is -1.22. The number of nitrogens with zero attached hydrogens (tertiary/aromatic N) is 3. The maximum absolute atomic E-state index is 12.1. The Hall–Kier alpha value is -2.68. The molecule has 1 aliphatic rings. The van der Waals surface area contributed by atoms with Crippen LogP contribution in [-0.2, 0) is 4.79 Å². The first-order chi connectivity index (χ1) is 10.1. The lowest BCUT2D eigenvalue weighted by Gasteiger charge is -2.22. The first-order valence-electron chi connectivity index (χ1n) is 6.70. The van der Waals surface area contributed by atoms with Crippen LogP contribution in [0.1, 0.15) is 34.1 Å². The molecule has 1 aromatic rings. The highest BCUT2D eigenvalue weighted by Crippen LogP contribution is 2.22. The molecule has 0 bridgehead atoms. The van der Waals surface area contributed by atoms with Crippen LogP contribution in [-0.4, -0.2) is 47.2 Å². The summed E-state index contributed by atoms with van der Waals surface area (Å²) in [4.78, 5) is 38.9. The highest BCUT2D eigenvalue weighted by atomic mass is 16.2. The molecule has 0 saturated heterocycles. The van der Waals surface area contributed by atoms with Crippen molar-refractivity contribution in [3.63, 3.8) is 0 Å². The number of carbonyl (C=O) groups is 3. The van der Waals surface area contributed by atoms with Crippen molar-refractivity contribution in [2.45, 2.75) is 13.3 Å². The molecular formula is C15H15N3O3. The monoisotopic (exact) mass is 285 g/mol. The maximum atomic E-state index is 12.1. The van der Waals surface area contributed by atoms with Crippen LogP contribution in [0.2, 0.25) is 0 Å². The fraction of sp³-hybridized carbons (Fsp3) is 0.333. The minimum Gasteiger partial charge on any atom is -0.340 e. The highest BCUT2D eigenvalue weighted by molar-refractivity contribution is 6.22. The molecular weight excluding hydrogens is 270 g/mol. The van der Waals surface area contributed by atoms with Gasteiger partial charge in [0.1, 0.15) is 6.54 Å². The Morgan fingerprint density at radius 2 is 1.81 bits per heavy atom. The van der Waals surface area contributed by atoms with E-state index in [9.17, 15) is 14.4 Å². The van der Waals surface area contributed by atoms with Crippen LogP contribution in [0.25, 0.3) is 0 Å². The zero-order chi connectivity index (χ0) is 15.4. The lowest BCUT2D eigenvalue weighted by molar-refractivity contribution is -0.131. The molecule has 3 amide bonds. The van der Waals surface area contributed by atoms with Crippen LogP contribution in [0.4, 0.5) is 0 Å². The van der Waals surface area contributed by atoms with Gasteiger partial charge >= 0.3 is 0 Å². The number of benzene rings is 1. The Kier molecular flexibility index (Phi) is 4.33. The third kappa shape index (κ3) is 2.77. The van der Waals surface area contributed by atoms with E-state index in [0.29, 0.717) is 24.2 Å². The van der Waals surface area contributed by atoms with Crippen molar-refractivity contribution in [2.75, 3.05) is 19.6 Å². The quantitative estimate of drug-likeness (QED) is 0.757. The van der Waals surface area contributed by atoms with Gasteiger partial charge in [-0.05, 0) is 19.1 Å². The van der Waals surface area contributed by atoms with Gasteiger partial charge in [-0.25, -0.2) is 0 Å². The molecule has 6 heteroatoms. The summed E-state index contributed by atoms with van der Waals surface area (Å²) >= 11 is 0. The zero-order valence-electron chi connectivity index (χ0n) is 11.7. The number of imide groups is 1. The average molecular weight is 285 g/mol. The predicted molar refractivity (Wildman–Crippen MR) is 74.3 cm³/mol. The smallest absolute Gasteiger partial charge is 0.262 e. The molecule has 108 valence electrons. The van der Waals surface area contributed by atoms with E-state index in [4.69, 9.17) is 5.26 Å². The molecule has 21 heavy (non-hydrogen) atoms. The van der Waals surface area contributed by atoms with Gasteiger partial charge in [-0.3, -0.25) is 19.3 Å². The van der Waals surface area contributed by atoms with Gasteiger partial charge in [0.25, 0.3) is 11.8 Å². The normalized spacial score (nSPS) is 13.0. The number of carbonyl (C=O) groups excluding carboxylic acids is 3. The van der Waals surface area contributed by atoms with Crippen molar-refractivity contribution >= 4 is 17.7 Å². The molecule has 1 aliphatic heterocycles. The van der Waals surface area contributed by atoms with E-state index in [2.05, 4.69) is 0 Å². The number of likely N-dealkylation sites (N-methyl/N-ethyl adjacent to an activating group) is 1. The molecule has 0 saturated carbocycles. The zero-order valence-corrected chi connectivity index (χ0v) is 11.7. The molecule has 0 spiro atoms. The van der Waals surface area contributed by atoms with E-state index in [0.717, 1.165) is 4.90 Å². The van der Waals surface area contributed by atoms with Crippen LogP contribution >= 0.6 is 0 Å². The van der Waals surface area contributed by atoms with E-state index >= 15 is 0 Å². The first kappa shape index (κ1) is 14.7. The number of fused-ring (bicyclic) bond motifs is 1. The van der Waals surface area contributed by atoms with Gasteiger partial charge in [-0.2, -0.15) is 5.26 Å². The number of hydrogen-bond donors (Lipinski definition) is 0. The van der Waals surface area contributed by atoms with Crippen molar-refractivity contribution in [2.24, 2.45) is 0 Å².